The lowest BCUT2D eigenvalue weighted by Gasteiger charge is -2.23. The quantitative estimate of drug-likeness (QED) is 0.821. The van der Waals surface area contributed by atoms with E-state index in [0.29, 0.717) is 12.5 Å². The maximum atomic E-state index is 12.1. The van der Waals surface area contributed by atoms with Gasteiger partial charge >= 0.3 is 0 Å². The Morgan fingerprint density at radius 1 is 1.38 bits per heavy atom. The number of carbonyl (C=O) groups excluding carboxylic acids is 1. The molecule has 6 heteroatoms. The molecule has 0 radical (unpaired) electrons. The summed E-state index contributed by atoms with van der Waals surface area (Å²) in [6.45, 7) is 8.00. The molecule has 1 aromatic carbocycles. The summed E-state index contributed by atoms with van der Waals surface area (Å²) in [6, 6.07) is 5.57. The molecule has 1 aliphatic rings. The summed E-state index contributed by atoms with van der Waals surface area (Å²) in [7, 11) is 0. The summed E-state index contributed by atoms with van der Waals surface area (Å²) in [5, 5.41) is 2.91. The zero-order valence-corrected chi connectivity index (χ0v) is 15.5. The van der Waals surface area contributed by atoms with Gasteiger partial charge in [-0.05, 0) is 44.2 Å². The van der Waals surface area contributed by atoms with E-state index in [-0.39, 0.29) is 30.3 Å². The van der Waals surface area contributed by atoms with Crippen molar-refractivity contribution in [3.63, 3.8) is 0 Å². The van der Waals surface area contributed by atoms with Gasteiger partial charge in [0.2, 0.25) is 5.91 Å². The van der Waals surface area contributed by atoms with Gasteiger partial charge in [-0.2, -0.15) is 0 Å². The van der Waals surface area contributed by atoms with Crippen LogP contribution in [0, 0.1) is 18.8 Å². The van der Waals surface area contributed by atoms with E-state index in [9.17, 15) is 4.79 Å². The number of nitrogens with two attached hydrogens (primary N) is 1. The molecule has 0 bridgehead atoms. The van der Waals surface area contributed by atoms with Gasteiger partial charge in [0.05, 0.1) is 12.5 Å². The Hall–Kier alpha value is -1.30. The summed E-state index contributed by atoms with van der Waals surface area (Å²) in [5.41, 5.74) is 7.59. The van der Waals surface area contributed by atoms with Crippen LogP contribution in [0.4, 0.5) is 5.69 Å². The number of ether oxygens (including phenoxy) is 2. The molecule has 3 N–H and O–H groups in total. The maximum absolute atomic E-state index is 12.1. The molecule has 5 nitrogen and oxygen atoms in total. The molecule has 0 aromatic heterocycles. The van der Waals surface area contributed by atoms with E-state index in [1.54, 1.807) is 0 Å². The van der Waals surface area contributed by atoms with Crippen molar-refractivity contribution in [3.05, 3.63) is 23.8 Å². The van der Waals surface area contributed by atoms with Crippen molar-refractivity contribution in [2.45, 2.75) is 39.7 Å². The first-order valence-corrected chi connectivity index (χ1v) is 8.35. The second kappa shape index (κ2) is 9.87. The van der Waals surface area contributed by atoms with Crippen molar-refractivity contribution in [3.8, 4) is 5.75 Å². The fourth-order valence-electron chi connectivity index (χ4n) is 2.45. The topological polar surface area (TPSA) is 73.6 Å². The second-order valence-electron chi connectivity index (χ2n) is 6.48. The Balaban J connectivity index is 0.00000288. The molecule has 0 saturated carbocycles. The van der Waals surface area contributed by atoms with E-state index >= 15 is 0 Å². The van der Waals surface area contributed by atoms with E-state index < -0.39 is 0 Å². The molecule has 1 aliphatic heterocycles. The average Bonchev–Trinajstić information content (AvgIpc) is 2.55. The van der Waals surface area contributed by atoms with Gasteiger partial charge < -0.3 is 20.5 Å². The van der Waals surface area contributed by atoms with Crippen molar-refractivity contribution < 1.29 is 14.3 Å². The predicted octanol–water partition coefficient (Wildman–Crippen LogP) is 3.14. The first kappa shape index (κ1) is 20.7. The third kappa shape index (κ3) is 5.96. The molecular formula is C18H29ClN2O3. The SMILES string of the molecule is Cc1ccc(NC(=O)C(C)C(C)N)cc1OCC1CCOCC1.Cl. The van der Waals surface area contributed by atoms with Crippen LogP contribution in [-0.2, 0) is 9.53 Å². The van der Waals surface area contributed by atoms with E-state index in [4.69, 9.17) is 15.2 Å². The van der Waals surface area contributed by atoms with Gasteiger partial charge in [-0.1, -0.05) is 13.0 Å². The lowest BCUT2D eigenvalue weighted by molar-refractivity contribution is -0.119. The largest absolute Gasteiger partial charge is 0.493 e. The lowest BCUT2D eigenvalue weighted by Crippen LogP contribution is -2.34. The van der Waals surface area contributed by atoms with Crippen molar-refractivity contribution in [2.75, 3.05) is 25.1 Å². The van der Waals surface area contributed by atoms with Gasteiger partial charge in [-0.3, -0.25) is 4.79 Å². The number of anilines is 1. The van der Waals surface area contributed by atoms with E-state index in [0.717, 1.165) is 43.1 Å². The summed E-state index contributed by atoms with van der Waals surface area (Å²) >= 11 is 0. The molecule has 1 heterocycles. The van der Waals surface area contributed by atoms with Crippen LogP contribution in [0.15, 0.2) is 18.2 Å². The molecule has 0 spiro atoms. The van der Waals surface area contributed by atoms with Crippen molar-refractivity contribution in [1.29, 1.82) is 0 Å². The highest BCUT2D eigenvalue weighted by molar-refractivity contribution is 5.93. The number of halogens is 1. The Morgan fingerprint density at radius 3 is 2.67 bits per heavy atom. The van der Waals surface area contributed by atoms with Crippen LogP contribution in [0.3, 0.4) is 0 Å². The van der Waals surface area contributed by atoms with Crippen LogP contribution in [0.25, 0.3) is 0 Å². The molecule has 1 fully saturated rings. The first-order chi connectivity index (χ1) is 11.0. The standard InChI is InChI=1S/C18H28N2O3.ClH/c1-12-4-5-16(20-18(21)13(2)14(3)19)10-17(12)23-11-15-6-8-22-9-7-15;/h4-5,10,13-15H,6-9,11,19H2,1-3H3,(H,20,21);1H. The third-order valence-corrected chi connectivity index (χ3v) is 4.47. The average molecular weight is 357 g/mol. The second-order valence-corrected chi connectivity index (χ2v) is 6.48. The number of hydrogen-bond donors (Lipinski definition) is 2. The number of nitrogens with one attached hydrogen (secondary N) is 1. The minimum atomic E-state index is -0.233. The third-order valence-electron chi connectivity index (χ3n) is 4.47. The van der Waals surface area contributed by atoms with E-state index in [2.05, 4.69) is 5.32 Å². The van der Waals surface area contributed by atoms with Crippen LogP contribution >= 0.6 is 12.4 Å². The van der Waals surface area contributed by atoms with Crippen molar-refractivity contribution >= 4 is 24.0 Å². The van der Waals surface area contributed by atoms with Crippen LogP contribution in [0.1, 0.15) is 32.3 Å². The van der Waals surface area contributed by atoms with Gasteiger partial charge in [0.25, 0.3) is 0 Å². The molecule has 2 rings (SSSR count). The summed E-state index contributed by atoms with van der Waals surface area (Å²) in [6.07, 6.45) is 2.09. The Kier molecular flexibility index (Phi) is 8.53. The molecule has 2 atom stereocenters. The van der Waals surface area contributed by atoms with Gasteiger partial charge in [-0.25, -0.2) is 0 Å². The number of hydrogen-bond acceptors (Lipinski definition) is 4. The number of rotatable bonds is 6. The Morgan fingerprint density at radius 2 is 2.04 bits per heavy atom. The lowest BCUT2D eigenvalue weighted by atomic mass is 10.0. The van der Waals surface area contributed by atoms with Gasteiger partial charge in [0, 0.05) is 31.0 Å². The number of benzene rings is 1. The molecule has 2 unspecified atom stereocenters. The first-order valence-electron chi connectivity index (χ1n) is 8.35. The Labute approximate surface area is 150 Å². The Bertz CT molecular complexity index is 531. The van der Waals surface area contributed by atoms with Crippen LogP contribution in [-0.4, -0.2) is 31.8 Å². The summed E-state index contributed by atoms with van der Waals surface area (Å²) in [5.74, 6) is 1.06. The van der Waals surface area contributed by atoms with Crippen LogP contribution < -0.4 is 15.8 Å². The van der Waals surface area contributed by atoms with Crippen LogP contribution in [0.2, 0.25) is 0 Å². The molecule has 0 aliphatic carbocycles. The smallest absolute Gasteiger partial charge is 0.228 e. The predicted molar refractivity (Wildman–Crippen MR) is 98.9 cm³/mol. The van der Waals surface area contributed by atoms with Crippen LogP contribution in [0.5, 0.6) is 5.75 Å². The minimum Gasteiger partial charge on any atom is -0.493 e. The monoisotopic (exact) mass is 356 g/mol. The summed E-state index contributed by atoms with van der Waals surface area (Å²) in [4.78, 5) is 12.1. The van der Waals surface area contributed by atoms with E-state index in [1.807, 2.05) is 39.0 Å². The van der Waals surface area contributed by atoms with E-state index in [1.165, 1.54) is 0 Å². The highest BCUT2D eigenvalue weighted by Crippen LogP contribution is 2.25. The van der Waals surface area contributed by atoms with Gasteiger partial charge in [0.1, 0.15) is 5.75 Å². The zero-order valence-electron chi connectivity index (χ0n) is 14.7. The number of amides is 1. The maximum Gasteiger partial charge on any atom is 0.228 e. The summed E-state index contributed by atoms with van der Waals surface area (Å²) < 4.78 is 11.3. The fourth-order valence-corrected chi connectivity index (χ4v) is 2.45. The minimum absolute atomic E-state index is 0. The molecule has 1 saturated heterocycles. The fraction of sp³-hybridized carbons (Fsp3) is 0.611. The molecule has 136 valence electrons. The highest BCUT2D eigenvalue weighted by atomic mass is 35.5. The van der Waals surface area contributed by atoms with Gasteiger partial charge in [0.15, 0.2) is 0 Å². The molecule has 1 amide bonds. The molecule has 1 aromatic rings. The highest BCUT2D eigenvalue weighted by Gasteiger charge is 2.18. The number of aryl methyl sites for hydroxylation is 1. The zero-order chi connectivity index (χ0) is 16.8. The normalized spacial score (nSPS) is 17.5. The molecular weight excluding hydrogens is 328 g/mol. The number of carbonyl (C=O) groups is 1. The van der Waals surface area contributed by atoms with Crippen molar-refractivity contribution in [1.82, 2.24) is 0 Å². The van der Waals surface area contributed by atoms with Crippen molar-refractivity contribution in [2.24, 2.45) is 17.6 Å². The van der Waals surface area contributed by atoms with Gasteiger partial charge in [-0.15, -0.1) is 12.4 Å². The molecule has 24 heavy (non-hydrogen) atoms.